The molecule has 114 valence electrons. The standard InChI is InChI=1S/C16H24N4O/c1-10-5-4-8-20(11(10)2)16-13(15(17)19-21)9-12-6-3-7-14(12)18-16/h9-11,21H,3-8H2,1-2H3,(H2,17,19). The molecule has 0 spiro atoms. The summed E-state index contributed by atoms with van der Waals surface area (Å²) < 4.78 is 0. The van der Waals surface area contributed by atoms with Crippen LogP contribution in [0, 0.1) is 5.92 Å². The minimum atomic E-state index is 0.164. The van der Waals surface area contributed by atoms with Crippen molar-refractivity contribution in [1.29, 1.82) is 0 Å². The van der Waals surface area contributed by atoms with Gasteiger partial charge >= 0.3 is 0 Å². The van der Waals surface area contributed by atoms with E-state index in [1.807, 2.05) is 0 Å². The Morgan fingerprint density at radius 2 is 2.19 bits per heavy atom. The largest absolute Gasteiger partial charge is 0.409 e. The molecule has 0 radical (unpaired) electrons. The Labute approximate surface area is 125 Å². The number of anilines is 1. The Balaban J connectivity index is 2.07. The summed E-state index contributed by atoms with van der Waals surface area (Å²) in [7, 11) is 0. The highest BCUT2D eigenvalue weighted by molar-refractivity contribution is 6.01. The molecule has 2 atom stereocenters. The Hall–Kier alpha value is -1.78. The number of hydrogen-bond acceptors (Lipinski definition) is 4. The minimum absolute atomic E-state index is 0.164. The number of aromatic nitrogens is 1. The van der Waals surface area contributed by atoms with Gasteiger partial charge in [-0.2, -0.15) is 0 Å². The average Bonchev–Trinajstić information content (AvgIpc) is 2.95. The molecule has 1 aliphatic carbocycles. The number of nitrogens with two attached hydrogens (primary N) is 1. The second-order valence-electron chi connectivity index (χ2n) is 6.36. The zero-order valence-corrected chi connectivity index (χ0v) is 12.8. The van der Waals surface area contributed by atoms with Gasteiger partial charge in [-0.25, -0.2) is 4.98 Å². The lowest BCUT2D eigenvalue weighted by atomic mass is 9.91. The molecule has 2 aliphatic rings. The molecule has 1 saturated heterocycles. The van der Waals surface area contributed by atoms with Crippen LogP contribution in [-0.2, 0) is 12.8 Å². The van der Waals surface area contributed by atoms with Crippen LogP contribution in [0.5, 0.6) is 0 Å². The van der Waals surface area contributed by atoms with E-state index in [2.05, 4.69) is 30.0 Å². The summed E-state index contributed by atoms with van der Waals surface area (Å²) in [6.45, 7) is 5.52. The second kappa shape index (κ2) is 5.54. The number of nitrogens with zero attached hydrogens (tertiary/aromatic N) is 3. The van der Waals surface area contributed by atoms with E-state index in [-0.39, 0.29) is 5.84 Å². The third kappa shape index (κ3) is 2.45. The molecule has 2 unspecified atom stereocenters. The first-order valence-electron chi connectivity index (χ1n) is 7.89. The van der Waals surface area contributed by atoms with Crippen LogP contribution in [0.25, 0.3) is 0 Å². The highest BCUT2D eigenvalue weighted by Gasteiger charge is 2.29. The molecule has 5 heteroatoms. The van der Waals surface area contributed by atoms with E-state index in [0.717, 1.165) is 37.2 Å². The summed E-state index contributed by atoms with van der Waals surface area (Å²) in [6.07, 6.45) is 5.64. The monoisotopic (exact) mass is 288 g/mol. The smallest absolute Gasteiger partial charge is 0.173 e. The Morgan fingerprint density at radius 3 is 2.95 bits per heavy atom. The van der Waals surface area contributed by atoms with Crippen LogP contribution in [0.2, 0.25) is 0 Å². The van der Waals surface area contributed by atoms with Crippen molar-refractivity contribution >= 4 is 11.7 Å². The lowest BCUT2D eigenvalue weighted by Gasteiger charge is -2.39. The Bertz CT molecular complexity index is 570. The van der Waals surface area contributed by atoms with Gasteiger partial charge in [0.2, 0.25) is 0 Å². The summed E-state index contributed by atoms with van der Waals surface area (Å²) in [5.74, 6) is 1.69. The zero-order valence-electron chi connectivity index (χ0n) is 12.8. The van der Waals surface area contributed by atoms with Crippen LogP contribution in [0.3, 0.4) is 0 Å². The predicted molar refractivity (Wildman–Crippen MR) is 84.0 cm³/mol. The quantitative estimate of drug-likeness (QED) is 0.379. The maximum absolute atomic E-state index is 9.09. The number of amidine groups is 1. The first kappa shape index (κ1) is 14.2. The zero-order chi connectivity index (χ0) is 15.0. The van der Waals surface area contributed by atoms with Crippen molar-refractivity contribution in [1.82, 2.24) is 4.98 Å². The Morgan fingerprint density at radius 1 is 1.38 bits per heavy atom. The SMILES string of the molecule is CC1CCCN(c2nc3c(cc2C(N)=NO)CCC3)C1C. The second-order valence-corrected chi connectivity index (χ2v) is 6.36. The van der Waals surface area contributed by atoms with Gasteiger partial charge in [-0.15, -0.1) is 0 Å². The number of rotatable bonds is 2. The van der Waals surface area contributed by atoms with E-state index in [1.165, 1.54) is 24.1 Å². The highest BCUT2D eigenvalue weighted by Crippen LogP contribution is 2.32. The molecule has 1 aromatic rings. The van der Waals surface area contributed by atoms with Gasteiger partial charge < -0.3 is 15.8 Å². The maximum atomic E-state index is 9.09. The number of oxime groups is 1. The molecule has 2 heterocycles. The number of aryl methyl sites for hydroxylation is 2. The molecule has 3 N–H and O–H groups in total. The maximum Gasteiger partial charge on any atom is 0.173 e. The lowest BCUT2D eigenvalue weighted by molar-refractivity contribution is 0.318. The molecule has 0 amide bonds. The molecule has 0 aromatic carbocycles. The third-order valence-corrected chi connectivity index (χ3v) is 5.06. The van der Waals surface area contributed by atoms with E-state index < -0.39 is 0 Å². The van der Waals surface area contributed by atoms with Crippen molar-refractivity contribution in [2.24, 2.45) is 16.8 Å². The van der Waals surface area contributed by atoms with Gasteiger partial charge in [0.25, 0.3) is 0 Å². The third-order valence-electron chi connectivity index (χ3n) is 5.06. The number of piperidine rings is 1. The van der Waals surface area contributed by atoms with Crippen LogP contribution < -0.4 is 10.6 Å². The molecule has 5 nitrogen and oxygen atoms in total. The molecule has 1 aromatic heterocycles. The van der Waals surface area contributed by atoms with Crippen molar-refractivity contribution in [2.75, 3.05) is 11.4 Å². The number of fused-ring (bicyclic) bond motifs is 1. The van der Waals surface area contributed by atoms with Gasteiger partial charge in [-0.3, -0.25) is 0 Å². The van der Waals surface area contributed by atoms with Crippen LogP contribution in [0.1, 0.15) is 49.9 Å². The fraction of sp³-hybridized carbons (Fsp3) is 0.625. The minimum Gasteiger partial charge on any atom is -0.409 e. The number of pyridine rings is 1. The summed E-state index contributed by atoms with van der Waals surface area (Å²) >= 11 is 0. The van der Waals surface area contributed by atoms with Crippen molar-refractivity contribution in [2.45, 2.75) is 52.0 Å². The molecular weight excluding hydrogens is 264 g/mol. The van der Waals surface area contributed by atoms with Crippen molar-refractivity contribution < 1.29 is 5.21 Å². The van der Waals surface area contributed by atoms with E-state index in [9.17, 15) is 0 Å². The molecule has 0 saturated carbocycles. The van der Waals surface area contributed by atoms with Gasteiger partial charge in [0.1, 0.15) is 5.82 Å². The van der Waals surface area contributed by atoms with Gasteiger partial charge in [0, 0.05) is 18.3 Å². The molecule has 3 rings (SSSR count). The van der Waals surface area contributed by atoms with Crippen molar-refractivity contribution in [3.63, 3.8) is 0 Å². The van der Waals surface area contributed by atoms with Crippen molar-refractivity contribution in [3.05, 3.63) is 22.9 Å². The molecule has 1 aliphatic heterocycles. The molecule has 1 fully saturated rings. The molecular formula is C16H24N4O. The summed E-state index contributed by atoms with van der Waals surface area (Å²) in [5.41, 5.74) is 9.12. The topological polar surface area (TPSA) is 74.7 Å². The number of hydrogen-bond donors (Lipinski definition) is 2. The highest BCUT2D eigenvalue weighted by atomic mass is 16.4. The summed E-state index contributed by atoms with van der Waals surface area (Å²) in [5, 5.41) is 12.3. The summed E-state index contributed by atoms with van der Waals surface area (Å²) in [4.78, 5) is 7.22. The molecule has 21 heavy (non-hydrogen) atoms. The fourth-order valence-corrected chi connectivity index (χ4v) is 3.56. The van der Waals surface area contributed by atoms with E-state index in [4.69, 9.17) is 15.9 Å². The first-order chi connectivity index (χ1) is 10.1. The van der Waals surface area contributed by atoms with E-state index in [1.54, 1.807) is 0 Å². The molecule has 0 bridgehead atoms. The predicted octanol–water partition coefficient (Wildman–Crippen LogP) is 2.29. The van der Waals surface area contributed by atoms with Crippen LogP contribution in [0.15, 0.2) is 11.2 Å². The van der Waals surface area contributed by atoms with Gasteiger partial charge in [-0.1, -0.05) is 12.1 Å². The Kier molecular flexibility index (Phi) is 3.74. The lowest BCUT2D eigenvalue weighted by Crippen LogP contribution is -2.44. The van der Waals surface area contributed by atoms with Crippen LogP contribution >= 0.6 is 0 Å². The van der Waals surface area contributed by atoms with Crippen molar-refractivity contribution in [3.8, 4) is 0 Å². The van der Waals surface area contributed by atoms with Gasteiger partial charge in [-0.05, 0) is 56.6 Å². The van der Waals surface area contributed by atoms with E-state index >= 15 is 0 Å². The van der Waals surface area contributed by atoms with Crippen LogP contribution in [0.4, 0.5) is 5.82 Å². The first-order valence-corrected chi connectivity index (χ1v) is 7.89. The average molecular weight is 288 g/mol. The normalized spacial score (nSPS) is 26.0. The van der Waals surface area contributed by atoms with Crippen LogP contribution in [-0.4, -0.2) is 28.6 Å². The van der Waals surface area contributed by atoms with E-state index in [0.29, 0.717) is 12.0 Å². The summed E-state index contributed by atoms with van der Waals surface area (Å²) in [6, 6.07) is 2.50. The van der Waals surface area contributed by atoms with Gasteiger partial charge in [0.05, 0.1) is 5.56 Å². The fourth-order valence-electron chi connectivity index (χ4n) is 3.56. The van der Waals surface area contributed by atoms with Gasteiger partial charge in [0.15, 0.2) is 5.84 Å².